The summed E-state index contributed by atoms with van der Waals surface area (Å²) in [6, 6.07) is 16.3. The zero-order chi connectivity index (χ0) is 21.3. The van der Waals surface area contributed by atoms with Gasteiger partial charge in [0, 0.05) is 10.4 Å². The molecule has 0 spiro atoms. The fourth-order valence-electron chi connectivity index (χ4n) is 3.48. The molecule has 1 aromatic heterocycles. The summed E-state index contributed by atoms with van der Waals surface area (Å²) >= 11 is 1.50. The summed E-state index contributed by atoms with van der Waals surface area (Å²) in [6.45, 7) is 2.16. The van der Waals surface area contributed by atoms with Crippen LogP contribution in [0.3, 0.4) is 0 Å². The molecular formula is C22H20N2O4S2. The number of nitrogens with one attached hydrogen (secondary N) is 1. The second kappa shape index (κ2) is 8.04. The number of thiophene rings is 1. The van der Waals surface area contributed by atoms with Gasteiger partial charge >= 0.3 is 0 Å². The lowest BCUT2D eigenvalue weighted by molar-refractivity contribution is -0.125. The van der Waals surface area contributed by atoms with Crippen LogP contribution in [0.2, 0.25) is 0 Å². The molecule has 3 aromatic rings. The third-order valence-corrected chi connectivity index (χ3v) is 7.41. The number of nitrogens with zero attached hydrogens (tertiary/aromatic N) is 1. The highest BCUT2D eigenvalue weighted by molar-refractivity contribution is 7.91. The number of hydrogen-bond acceptors (Lipinski definition) is 5. The third kappa shape index (κ3) is 3.88. The van der Waals surface area contributed by atoms with E-state index in [-0.39, 0.29) is 17.3 Å². The minimum absolute atomic E-state index is 0.145. The normalized spacial score (nSPS) is 15.8. The summed E-state index contributed by atoms with van der Waals surface area (Å²) in [5.41, 5.74) is 2.00. The van der Waals surface area contributed by atoms with Crippen molar-refractivity contribution in [2.75, 3.05) is 5.88 Å². The van der Waals surface area contributed by atoms with Gasteiger partial charge < -0.3 is 10.2 Å². The average molecular weight is 441 g/mol. The van der Waals surface area contributed by atoms with Crippen molar-refractivity contribution in [3.63, 3.8) is 0 Å². The van der Waals surface area contributed by atoms with Gasteiger partial charge in [0.25, 0.3) is 5.91 Å². The largest absolute Gasteiger partial charge is 0.340 e. The first-order chi connectivity index (χ1) is 14.4. The maximum absolute atomic E-state index is 13.1. The third-order valence-electron chi connectivity index (χ3n) is 5.03. The van der Waals surface area contributed by atoms with Gasteiger partial charge in [0.05, 0.1) is 11.4 Å². The summed E-state index contributed by atoms with van der Waals surface area (Å²) in [7, 11) is -3.69. The number of aryl methyl sites for hydroxylation is 1. The molecule has 1 aliphatic rings. The maximum atomic E-state index is 13.1. The Hall–Kier alpha value is -2.97. The number of amides is 2. The highest BCUT2D eigenvalue weighted by atomic mass is 32.2. The summed E-state index contributed by atoms with van der Waals surface area (Å²) in [6.07, 6.45) is 0. The van der Waals surface area contributed by atoms with Crippen molar-refractivity contribution in [3.8, 4) is 0 Å². The van der Waals surface area contributed by atoms with Crippen molar-refractivity contribution in [2.45, 2.75) is 24.4 Å². The smallest absolute Gasteiger partial charge is 0.255 e. The van der Waals surface area contributed by atoms with Crippen LogP contribution in [0, 0.1) is 6.92 Å². The van der Waals surface area contributed by atoms with Gasteiger partial charge in [-0.2, -0.15) is 0 Å². The van der Waals surface area contributed by atoms with Crippen molar-refractivity contribution in [1.29, 1.82) is 0 Å². The quantitative estimate of drug-likeness (QED) is 0.638. The van der Waals surface area contributed by atoms with Crippen LogP contribution in [0.1, 0.15) is 32.4 Å². The highest BCUT2D eigenvalue weighted by Gasteiger charge is 2.41. The molecule has 0 fully saturated rings. The van der Waals surface area contributed by atoms with Crippen LogP contribution in [0.5, 0.6) is 0 Å². The Bertz CT molecular complexity index is 1190. The van der Waals surface area contributed by atoms with Gasteiger partial charge in [-0.15, -0.1) is 11.3 Å². The molecule has 0 radical (unpaired) electrons. The van der Waals surface area contributed by atoms with E-state index >= 15 is 0 Å². The van der Waals surface area contributed by atoms with E-state index in [0.717, 1.165) is 10.4 Å². The van der Waals surface area contributed by atoms with Gasteiger partial charge in [0.2, 0.25) is 5.91 Å². The van der Waals surface area contributed by atoms with Gasteiger partial charge in [-0.3, -0.25) is 9.59 Å². The van der Waals surface area contributed by atoms with Crippen LogP contribution in [0.25, 0.3) is 0 Å². The molecule has 1 aliphatic heterocycles. The van der Waals surface area contributed by atoms with E-state index in [0.29, 0.717) is 11.1 Å². The lowest BCUT2D eigenvalue weighted by Gasteiger charge is -2.24. The van der Waals surface area contributed by atoms with Gasteiger partial charge in [0.1, 0.15) is 11.9 Å². The molecule has 30 heavy (non-hydrogen) atoms. The summed E-state index contributed by atoms with van der Waals surface area (Å²) in [4.78, 5) is 28.6. The molecule has 154 valence electrons. The molecule has 2 heterocycles. The molecule has 0 saturated heterocycles. The van der Waals surface area contributed by atoms with E-state index in [2.05, 4.69) is 5.32 Å². The molecule has 4 rings (SSSR count). The highest BCUT2D eigenvalue weighted by Crippen LogP contribution is 2.35. The second-order valence-corrected chi connectivity index (χ2v) is 10.1. The predicted octanol–water partition coefficient (Wildman–Crippen LogP) is 3.30. The first-order valence-corrected chi connectivity index (χ1v) is 11.9. The molecule has 1 N–H and O–H groups in total. The Morgan fingerprint density at radius 1 is 1.07 bits per heavy atom. The Morgan fingerprint density at radius 2 is 1.80 bits per heavy atom. The van der Waals surface area contributed by atoms with Crippen LogP contribution in [0.4, 0.5) is 0 Å². The summed E-state index contributed by atoms with van der Waals surface area (Å²) in [5, 5.41) is 4.44. The molecule has 8 heteroatoms. The molecule has 6 nitrogen and oxygen atoms in total. The molecule has 1 atom stereocenters. The lowest BCUT2D eigenvalue weighted by Crippen LogP contribution is -2.40. The van der Waals surface area contributed by atoms with Crippen molar-refractivity contribution in [2.24, 2.45) is 0 Å². The van der Waals surface area contributed by atoms with Gasteiger partial charge in [-0.1, -0.05) is 42.0 Å². The topological polar surface area (TPSA) is 83.5 Å². The van der Waals surface area contributed by atoms with Crippen molar-refractivity contribution in [3.05, 3.63) is 87.6 Å². The Morgan fingerprint density at radius 3 is 2.50 bits per heavy atom. The van der Waals surface area contributed by atoms with E-state index in [1.54, 1.807) is 36.4 Å². The van der Waals surface area contributed by atoms with E-state index in [4.69, 9.17) is 0 Å². The number of carbonyl (C=O) groups is 2. The molecule has 0 saturated carbocycles. The van der Waals surface area contributed by atoms with Crippen molar-refractivity contribution >= 4 is 33.0 Å². The zero-order valence-electron chi connectivity index (χ0n) is 16.2. The van der Waals surface area contributed by atoms with Crippen LogP contribution < -0.4 is 5.32 Å². The second-order valence-electron chi connectivity index (χ2n) is 7.12. The summed E-state index contributed by atoms with van der Waals surface area (Å²) in [5.74, 6) is -1.28. The molecule has 2 aromatic carbocycles. The van der Waals surface area contributed by atoms with E-state index in [9.17, 15) is 18.0 Å². The Labute approximate surface area is 179 Å². The first kappa shape index (κ1) is 20.3. The van der Waals surface area contributed by atoms with E-state index in [1.165, 1.54) is 28.4 Å². The average Bonchev–Trinajstić information content (AvgIpc) is 3.34. The SMILES string of the molecule is Cc1ccc(S(=O)(=O)CNC(=O)[C@@H]2c3ccccc3C(=O)N2Cc2cccs2)cc1. The van der Waals surface area contributed by atoms with Gasteiger partial charge in [0.15, 0.2) is 9.84 Å². The maximum Gasteiger partial charge on any atom is 0.255 e. The molecular weight excluding hydrogens is 420 g/mol. The van der Waals surface area contributed by atoms with Crippen LogP contribution in [-0.4, -0.2) is 31.0 Å². The summed E-state index contributed by atoms with van der Waals surface area (Å²) < 4.78 is 25.2. The first-order valence-electron chi connectivity index (χ1n) is 9.36. The van der Waals surface area contributed by atoms with E-state index < -0.39 is 27.7 Å². The van der Waals surface area contributed by atoms with Crippen LogP contribution in [-0.2, 0) is 21.2 Å². The van der Waals surface area contributed by atoms with Crippen molar-refractivity contribution in [1.82, 2.24) is 10.2 Å². The predicted molar refractivity (Wildman–Crippen MR) is 115 cm³/mol. The van der Waals surface area contributed by atoms with Crippen molar-refractivity contribution < 1.29 is 18.0 Å². The lowest BCUT2D eigenvalue weighted by atomic mass is 10.0. The molecule has 0 unspecified atom stereocenters. The monoisotopic (exact) mass is 440 g/mol. The fraction of sp³-hybridized carbons (Fsp3) is 0.182. The minimum Gasteiger partial charge on any atom is -0.340 e. The van der Waals surface area contributed by atoms with Crippen LogP contribution in [0.15, 0.2) is 70.9 Å². The number of carbonyl (C=O) groups excluding carboxylic acids is 2. The number of benzene rings is 2. The molecule has 0 aliphatic carbocycles. The minimum atomic E-state index is -3.69. The molecule has 2 amide bonds. The number of sulfone groups is 1. The zero-order valence-corrected chi connectivity index (χ0v) is 17.9. The number of fused-ring (bicyclic) bond motifs is 1. The van der Waals surface area contributed by atoms with Gasteiger partial charge in [-0.05, 0) is 42.1 Å². The number of hydrogen-bond donors (Lipinski definition) is 1. The Balaban J connectivity index is 1.57. The van der Waals surface area contributed by atoms with Crippen LogP contribution >= 0.6 is 11.3 Å². The van der Waals surface area contributed by atoms with E-state index in [1.807, 2.05) is 24.4 Å². The molecule has 0 bridgehead atoms. The number of rotatable bonds is 6. The Kier molecular flexibility index (Phi) is 5.44. The van der Waals surface area contributed by atoms with Gasteiger partial charge in [-0.25, -0.2) is 8.42 Å². The standard InChI is InChI=1S/C22H20N2O4S2/c1-15-8-10-17(11-9-15)30(27,28)14-23-21(25)20-18-6-2-3-7-19(18)22(26)24(20)13-16-5-4-12-29-16/h2-12,20H,13-14H2,1H3,(H,23,25)/t20-/m0/s1. The fourth-order valence-corrected chi connectivity index (χ4v) is 5.23.